The second-order valence-corrected chi connectivity index (χ2v) is 7.46. The molecular weight excluding hydrogens is 375 g/mol. The summed E-state index contributed by atoms with van der Waals surface area (Å²) in [5.41, 5.74) is 1.17. The van der Waals surface area contributed by atoms with Gasteiger partial charge in [-0.15, -0.1) is 16.4 Å². The predicted molar refractivity (Wildman–Crippen MR) is 108 cm³/mol. The van der Waals surface area contributed by atoms with Gasteiger partial charge in [0.25, 0.3) is 0 Å². The first-order valence-corrected chi connectivity index (χ1v) is 9.84. The zero-order valence-electron chi connectivity index (χ0n) is 15.5. The van der Waals surface area contributed by atoms with Gasteiger partial charge in [-0.1, -0.05) is 30.3 Å². The van der Waals surface area contributed by atoms with Crippen LogP contribution < -0.4 is 4.74 Å². The molecular formula is C21H19FN4OS. The first-order chi connectivity index (χ1) is 13.6. The second kappa shape index (κ2) is 7.90. The van der Waals surface area contributed by atoms with Crippen molar-refractivity contribution in [2.24, 2.45) is 0 Å². The number of thiophene rings is 1. The van der Waals surface area contributed by atoms with Crippen LogP contribution in [0.15, 0.2) is 60.0 Å². The molecule has 3 heterocycles. The molecule has 0 fully saturated rings. The summed E-state index contributed by atoms with van der Waals surface area (Å²) < 4.78 is 21.6. The van der Waals surface area contributed by atoms with Gasteiger partial charge in [0.2, 0.25) is 11.7 Å². The number of hydrogen-bond acceptors (Lipinski definition) is 5. The molecule has 28 heavy (non-hydrogen) atoms. The van der Waals surface area contributed by atoms with Gasteiger partial charge in [-0.25, -0.2) is 19.0 Å². The van der Waals surface area contributed by atoms with Crippen LogP contribution in [0.1, 0.15) is 19.4 Å². The Labute approximate surface area is 166 Å². The van der Waals surface area contributed by atoms with E-state index in [2.05, 4.69) is 10.1 Å². The zero-order valence-corrected chi connectivity index (χ0v) is 16.4. The molecule has 142 valence electrons. The Morgan fingerprint density at radius 2 is 1.89 bits per heavy atom. The Kier molecular flexibility index (Phi) is 5.16. The van der Waals surface area contributed by atoms with E-state index >= 15 is 0 Å². The van der Waals surface area contributed by atoms with Gasteiger partial charge in [0.1, 0.15) is 11.5 Å². The highest BCUT2D eigenvalue weighted by molar-refractivity contribution is 7.13. The van der Waals surface area contributed by atoms with Crippen molar-refractivity contribution in [2.45, 2.75) is 26.5 Å². The molecule has 0 spiro atoms. The Morgan fingerprint density at radius 3 is 2.64 bits per heavy atom. The second-order valence-electron chi connectivity index (χ2n) is 6.51. The van der Waals surface area contributed by atoms with Gasteiger partial charge in [0, 0.05) is 11.6 Å². The summed E-state index contributed by atoms with van der Waals surface area (Å²) in [6.07, 6.45) is 0.0241. The molecule has 0 saturated heterocycles. The number of ether oxygens (including phenoxy) is 1. The maximum absolute atomic E-state index is 14.2. The fourth-order valence-corrected chi connectivity index (χ4v) is 3.50. The molecule has 3 aromatic heterocycles. The lowest BCUT2D eigenvalue weighted by Gasteiger charge is -2.08. The Hall–Kier alpha value is -3.06. The fourth-order valence-electron chi connectivity index (χ4n) is 2.78. The van der Waals surface area contributed by atoms with Gasteiger partial charge < -0.3 is 4.74 Å². The highest BCUT2D eigenvalue weighted by Crippen LogP contribution is 2.27. The Bertz CT molecular complexity index is 1080. The number of aromatic nitrogens is 4. The topological polar surface area (TPSA) is 52.8 Å². The van der Waals surface area contributed by atoms with Crippen LogP contribution in [0.25, 0.3) is 22.2 Å². The van der Waals surface area contributed by atoms with Crippen LogP contribution >= 0.6 is 11.3 Å². The molecule has 0 aliphatic carbocycles. The third-order valence-corrected chi connectivity index (χ3v) is 4.87. The molecule has 0 N–H and O–H groups in total. The third kappa shape index (κ3) is 3.94. The van der Waals surface area contributed by atoms with Crippen molar-refractivity contribution in [2.75, 3.05) is 0 Å². The minimum absolute atomic E-state index is 0.0241. The molecule has 0 bridgehead atoms. The van der Waals surface area contributed by atoms with E-state index in [1.54, 1.807) is 34.2 Å². The average molecular weight is 394 g/mol. The van der Waals surface area contributed by atoms with Crippen molar-refractivity contribution in [3.05, 3.63) is 71.4 Å². The molecule has 0 amide bonds. The third-order valence-electron chi connectivity index (χ3n) is 4.00. The standard InChI is InChI=1S/C21H19FN4OS/c1-14(2)27-19-11-5-9-17(23-19)20-24-21(18-10-6-12-28-18)26(25-20)13-15-7-3-4-8-16(15)22/h3-12,14H,13H2,1-2H3. The minimum Gasteiger partial charge on any atom is -0.475 e. The Balaban J connectivity index is 1.75. The maximum atomic E-state index is 14.2. The number of hydrogen-bond donors (Lipinski definition) is 0. The fraction of sp³-hybridized carbons (Fsp3) is 0.190. The van der Waals surface area contributed by atoms with Gasteiger partial charge in [-0.05, 0) is 37.4 Å². The van der Waals surface area contributed by atoms with E-state index < -0.39 is 0 Å². The van der Waals surface area contributed by atoms with Gasteiger partial charge in [-0.2, -0.15) is 0 Å². The molecule has 0 aliphatic rings. The van der Waals surface area contributed by atoms with E-state index in [1.807, 2.05) is 49.6 Å². The lowest BCUT2D eigenvalue weighted by Crippen LogP contribution is -2.07. The average Bonchev–Trinajstić information content (AvgIpc) is 3.33. The largest absolute Gasteiger partial charge is 0.475 e. The predicted octanol–water partition coefficient (Wildman–Crippen LogP) is 5.04. The Morgan fingerprint density at radius 1 is 1.04 bits per heavy atom. The van der Waals surface area contributed by atoms with Crippen molar-refractivity contribution in [3.63, 3.8) is 0 Å². The van der Waals surface area contributed by atoms with Crippen LogP contribution in [0.2, 0.25) is 0 Å². The lowest BCUT2D eigenvalue weighted by atomic mass is 10.2. The van der Waals surface area contributed by atoms with E-state index in [-0.39, 0.29) is 18.5 Å². The summed E-state index contributed by atoms with van der Waals surface area (Å²) in [6.45, 7) is 4.18. The molecule has 0 saturated carbocycles. The number of halogens is 1. The van der Waals surface area contributed by atoms with E-state index in [9.17, 15) is 4.39 Å². The van der Waals surface area contributed by atoms with E-state index in [1.165, 1.54) is 6.07 Å². The molecule has 0 unspecified atom stereocenters. The van der Waals surface area contributed by atoms with Gasteiger partial charge in [0.05, 0.1) is 17.5 Å². The summed E-state index contributed by atoms with van der Waals surface area (Å²) in [7, 11) is 0. The minimum atomic E-state index is -0.262. The first kappa shape index (κ1) is 18.3. The van der Waals surface area contributed by atoms with E-state index in [4.69, 9.17) is 9.72 Å². The number of nitrogens with zero attached hydrogens (tertiary/aromatic N) is 4. The van der Waals surface area contributed by atoms with Crippen LogP contribution in [0.3, 0.4) is 0 Å². The van der Waals surface area contributed by atoms with Crippen molar-refractivity contribution in [1.29, 1.82) is 0 Å². The summed E-state index contributed by atoms with van der Waals surface area (Å²) in [6, 6.07) is 16.1. The normalized spacial score (nSPS) is 11.1. The lowest BCUT2D eigenvalue weighted by molar-refractivity contribution is 0.233. The highest BCUT2D eigenvalue weighted by atomic mass is 32.1. The molecule has 1 aromatic carbocycles. The van der Waals surface area contributed by atoms with Crippen LogP contribution in [0, 0.1) is 5.82 Å². The number of benzene rings is 1. The quantitative estimate of drug-likeness (QED) is 0.460. The maximum Gasteiger partial charge on any atom is 0.214 e. The van der Waals surface area contributed by atoms with Crippen LogP contribution in [0.5, 0.6) is 5.88 Å². The SMILES string of the molecule is CC(C)Oc1cccc(-c2nc(-c3cccs3)n(Cc3ccccc3F)n2)n1. The van der Waals surface area contributed by atoms with Gasteiger partial charge in [0.15, 0.2) is 5.82 Å². The molecule has 0 aliphatic heterocycles. The number of rotatable bonds is 6. The van der Waals surface area contributed by atoms with Crippen LogP contribution in [-0.2, 0) is 6.54 Å². The molecule has 7 heteroatoms. The molecule has 4 rings (SSSR count). The van der Waals surface area contributed by atoms with E-state index in [0.717, 1.165) is 4.88 Å². The van der Waals surface area contributed by atoms with Crippen molar-refractivity contribution in [1.82, 2.24) is 19.7 Å². The monoisotopic (exact) mass is 394 g/mol. The zero-order chi connectivity index (χ0) is 19.5. The molecule has 4 aromatic rings. The summed E-state index contributed by atoms with van der Waals surface area (Å²) in [5.74, 6) is 1.43. The van der Waals surface area contributed by atoms with Crippen molar-refractivity contribution < 1.29 is 9.13 Å². The molecule has 0 radical (unpaired) electrons. The van der Waals surface area contributed by atoms with Crippen LogP contribution in [-0.4, -0.2) is 25.9 Å². The molecule has 0 atom stereocenters. The van der Waals surface area contributed by atoms with Crippen LogP contribution in [0.4, 0.5) is 4.39 Å². The summed E-state index contributed by atoms with van der Waals surface area (Å²) in [5, 5.41) is 6.60. The van der Waals surface area contributed by atoms with E-state index in [0.29, 0.717) is 28.8 Å². The molecule has 5 nitrogen and oxygen atoms in total. The summed E-state index contributed by atoms with van der Waals surface area (Å²) in [4.78, 5) is 10.2. The van der Waals surface area contributed by atoms with Crippen molar-refractivity contribution >= 4 is 11.3 Å². The highest BCUT2D eigenvalue weighted by Gasteiger charge is 2.17. The van der Waals surface area contributed by atoms with Gasteiger partial charge in [-0.3, -0.25) is 0 Å². The van der Waals surface area contributed by atoms with Gasteiger partial charge >= 0.3 is 0 Å². The smallest absolute Gasteiger partial charge is 0.214 e. The summed E-state index contributed by atoms with van der Waals surface area (Å²) >= 11 is 1.56. The van der Waals surface area contributed by atoms with Crippen molar-refractivity contribution in [3.8, 4) is 28.1 Å². The first-order valence-electron chi connectivity index (χ1n) is 8.96. The number of pyridine rings is 1.